The molecule has 2 aliphatic rings. The first-order chi connectivity index (χ1) is 16.2. The summed E-state index contributed by atoms with van der Waals surface area (Å²) in [6.45, 7) is 3.07. The maximum Gasteiger partial charge on any atom is 0.250 e. The predicted octanol–water partition coefficient (Wildman–Crippen LogP) is 2.56. The highest BCUT2D eigenvalue weighted by Crippen LogP contribution is 2.40. The van der Waals surface area contributed by atoms with Crippen molar-refractivity contribution in [3.63, 3.8) is 0 Å². The van der Waals surface area contributed by atoms with Crippen molar-refractivity contribution in [1.29, 1.82) is 0 Å². The number of piperidine rings is 1. The van der Waals surface area contributed by atoms with E-state index in [0.717, 1.165) is 41.4 Å². The van der Waals surface area contributed by atoms with E-state index < -0.39 is 10.0 Å². The third-order valence-corrected chi connectivity index (χ3v) is 8.47. The molecule has 0 aromatic heterocycles. The zero-order chi connectivity index (χ0) is 24.5. The molecular formula is C25H32N4O4S. The van der Waals surface area contributed by atoms with Crippen LogP contribution in [0.4, 0.5) is 11.4 Å². The second-order valence-corrected chi connectivity index (χ2v) is 11.3. The maximum absolute atomic E-state index is 13.5. The molecular weight excluding hydrogens is 452 g/mol. The summed E-state index contributed by atoms with van der Waals surface area (Å²) in [5, 5.41) is 2.94. The van der Waals surface area contributed by atoms with Gasteiger partial charge in [-0.05, 0) is 48.9 Å². The van der Waals surface area contributed by atoms with Gasteiger partial charge in [-0.2, -0.15) is 0 Å². The topological polar surface area (TPSA) is 90.0 Å². The van der Waals surface area contributed by atoms with E-state index in [2.05, 4.69) is 10.2 Å². The Morgan fingerprint density at radius 1 is 1.12 bits per heavy atom. The number of fused-ring (bicyclic) bond motifs is 3. The minimum Gasteiger partial charge on any atom is -0.358 e. The lowest BCUT2D eigenvalue weighted by Gasteiger charge is -2.45. The molecule has 1 saturated heterocycles. The number of sulfonamides is 1. The summed E-state index contributed by atoms with van der Waals surface area (Å²) in [4.78, 5) is 30.0. The molecule has 182 valence electrons. The molecule has 2 atom stereocenters. The number of carbonyl (C=O) groups excluding carboxylic acids is 2. The van der Waals surface area contributed by atoms with Crippen molar-refractivity contribution in [3.8, 4) is 0 Å². The Labute approximate surface area is 201 Å². The van der Waals surface area contributed by atoms with Crippen molar-refractivity contribution in [2.45, 2.75) is 43.0 Å². The molecule has 1 N–H and O–H groups in total. The third-order valence-electron chi connectivity index (χ3n) is 6.66. The van der Waals surface area contributed by atoms with Crippen molar-refractivity contribution in [2.75, 3.05) is 43.5 Å². The van der Waals surface area contributed by atoms with Crippen molar-refractivity contribution >= 4 is 33.2 Å². The summed E-state index contributed by atoms with van der Waals surface area (Å²) >= 11 is 0. The number of rotatable bonds is 7. The van der Waals surface area contributed by atoms with Crippen LogP contribution < -0.4 is 15.1 Å². The fourth-order valence-electron chi connectivity index (χ4n) is 4.64. The second-order valence-electron chi connectivity index (χ2n) is 9.18. The highest BCUT2D eigenvalue weighted by Gasteiger charge is 2.40. The molecule has 8 nitrogen and oxygen atoms in total. The van der Waals surface area contributed by atoms with Gasteiger partial charge in [-0.1, -0.05) is 37.3 Å². The second kappa shape index (κ2) is 9.76. The molecule has 0 aliphatic carbocycles. The normalized spacial score (nSPS) is 18.9. The summed E-state index contributed by atoms with van der Waals surface area (Å²) in [6, 6.07) is 14.5. The van der Waals surface area contributed by atoms with Gasteiger partial charge < -0.3 is 10.2 Å². The Morgan fingerprint density at radius 3 is 2.56 bits per heavy atom. The molecule has 0 saturated carbocycles. The van der Waals surface area contributed by atoms with Crippen LogP contribution in [0.5, 0.6) is 0 Å². The van der Waals surface area contributed by atoms with E-state index in [-0.39, 0.29) is 35.2 Å². The first-order valence-corrected chi connectivity index (χ1v) is 13.1. The van der Waals surface area contributed by atoms with Gasteiger partial charge in [0, 0.05) is 27.2 Å². The highest BCUT2D eigenvalue weighted by atomic mass is 32.2. The van der Waals surface area contributed by atoms with Gasteiger partial charge in [0.25, 0.3) is 0 Å². The number of carbonyl (C=O) groups is 2. The molecule has 9 heteroatoms. The first-order valence-electron chi connectivity index (χ1n) is 11.7. The summed E-state index contributed by atoms with van der Waals surface area (Å²) in [6.07, 6.45) is 2.64. The van der Waals surface area contributed by atoms with Crippen molar-refractivity contribution in [1.82, 2.24) is 9.62 Å². The highest BCUT2D eigenvalue weighted by molar-refractivity contribution is 7.89. The largest absolute Gasteiger partial charge is 0.358 e. The molecule has 2 heterocycles. The summed E-state index contributed by atoms with van der Waals surface area (Å²) < 4.78 is 26.6. The van der Waals surface area contributed by atoms with Crippen LogP contribution in [0.2, 0.25) is 0 Å². The monoisotopic (exact) mass is 484 g/mol. The van der Waals surface area contributed by atoms with E-state index in [0.29, 0.717) is 12.2 Å². The lowest BCUT2D eigenvalue weighted by molar-refractivity contribution is -0.125. The molecule has 2 aromatic carbocycles. The minimum atomic E-state index is -3.68. The van der Waals surface area contributed by atoms with Gasteiger partial charge in [0.2, 0.25) is 21.8 Å². The van der Waals surface area contributed by atoms with Gasteiger partial charge in [-0.25, -0.2) is 12.7 Å². The van der Waals surface area contributed by atoms with E-state index in [1.807, 2.05) is 37.3 Å². The number of nitrogens with one attached hydrogen (secondary N) is 1. The van der Waals surface area contributed by atoms with Gasteiger partial charge in [0.05, 0.1) is 16.3 Å². The van der Waals surface area contributed by atoms with Gasteiger partial charge in [0.1, 0.15) is 12.6 Å². The van der Waals surface area contributed by atoms with Gasteiger partial charge in [0.15, 0.2) is 0 Å². The maximum atomic E-state index is 13.5. The van der Waals surface area contributed by atoms with Crippen LogP contribution >= 0.6 is 0 Å². The van der Waals surface area contributed by atoms with Crippen LogP contribution in [-0.2, 0) is 19.6 Å². The van der Waals surface area contributed by atoms with E-state index in [4.69, 9.17) is 0 Å². The van der Waals surface area contributed by atoms with Crippen LogP contribution in [0.1, 0.15) is 37.7 Å². The SMILES string of the molecule is C[C@H](CNC(=O)CN1C(=O)[C@H]2CCCCN2c2ccc(S(=O)(=O)N(C)C)cc21)c1ccccc1. The third kappa shape index (κ3) is 4.67. The van der Waals surface area contributed by atoms with Crippen molar-refractivity contribution < 1.29 is 18.0 Å². The molecule has 2 amide bonds. The predicted molar refractivity (Wildman–Crippen MR) is 133 cm³/mol. The average Bonchev–Trinajstić information content (AvgIpc) is 2.85. The molecule has 0 unspecified atom stereocenters. The van der Waals surface area contributed by atoms with E-state index in [9.17, 15) is 18.0 Å². The van der Waals surface area contributed by atoms with Gasteiger partial charge in [-0.3, -0.25) is 14.5 Å². The lowest BCUT2D eigenvalue weighted by Crippen LogP contribution is -2.57. The van der Waals surface area contributed by atoms with Crippen LogP contribution in [0.15, 0.2) is 53.4 Å². The fourth-order valence-corrected chi connectivity index (χ4v) is 5.56. The number of anilines is 2. The fraction of sp³-hybridized carbons (Fsp3) is 0.440. The van der Waals surface area contributed by atoms with Crippen molar-refractivity contribution in [3.05, 3.63) is 54.1 Å². The van der Waals surface area contributed by atoms with Gasteiger partial charge >= 0.3 is 0 Å². The number of amides is 2. The van der Waals surface area contributed by atoms with E-state index in [1.165, 1.54) is 25.1 Å². The Morgan fingerprint density at radius 2 is 1.85 bits per heavy atom. The number of nitrogens with zero attached hydrogens (tertiary/aromatic N) is 3. The van der Waals surface area contributed by atoms with E-state index >= 15 is 0 Å². The lowest BCUT2D eigenvalue weighted by atomic mass is 9.96. The van der Waals surface area contributed by atoms with Crippen LogP contribution in [-0.4, -0.2) is 64.3 Å². The summed E-state index contributed by atoms with van der Waals surface area (Å²) in [7, 11) is -0.741. The molecule has 0 radical (unpaired) electrons. The Bertz CT molecular complexity index is 1170. The van der Waals surface area contributed by atoms with Gasteiger partial charge in [-0.15, -0.1) is 0 Å². The van der Waals surface area contributed by atoms with Crippen LogP contribution in [0.25, 0.3) is 0 Å². The minimum absolute atomic E-state index is 0.0996. The number of hydrogen-bond donors (Lipinski definition) is 1. The van der Waals surface area contributed by atoms with Crippen molar-refractivity contribution in [2.24, 2.45) is 0 Å². The molecule has 2 aromatic rings. The summed E-state index contributed by atoms with van der Waals surface area (Å²) in [5.41, 5.74) is 2.39. The van der Waals surface area contributed by atoms with E-state index in [1.54, 1.807) is 12.1 Å². The molecule has 2 aliphatic heterocycles. The average molecular weight is 485 g/mol. The molecule has 0 bridgehead atoms. The summed E-state index contributed by atoms with van der Waals surface area (Å²) in [5.74, 6) is -0.301. The first kappa shape index (κ1) is 24.2. The number of benzene rings is 2. The van der Waals surface area contributed by atoms with Crippen LogP contribution in [0.3, 0.4) is 0 Å². The standard InChI is InChI=1S/C25H32N4O4S/c1-18(19-9-5-4-6-10-19)16-26-24(30)17-29-23-15-20(34(32,33)27(2)3)12-13-21(23)28-14-8-7-11-22(28)25(29)31/h4-6,9-10,12-13,15,18,22H,7-8,11,14,16-17H2,1-3H3,(H,26,30)/t18-,22-/m1/s1. The zero-order valence-corrected chi connectivity index (χ0v) is 20.7. The molecule has 34 heavy (non-hydrogen) atoms. The Balaban J connectivity index is 1.59. The number of hydrogen-bond acceptors (Lipinski definition) is 5. The molecule has 0 spiro atoms. The zero-order valence-electron chi connectivity index (χ0n) is 19.9. The Kier molecular flexibility index (Phi) is 6.95. The Hall–Kier alpha value is -2.91. The van der Waals surface area contributed by atoms with Crippen LogP contribution in [0, 0.1) is 0 Å². The molecule has 4 rings (SSSR count). The smallest absolute Gasteiger partial charge is 0.250 e. The molecule has 1 fully saturated rings. The quantitative estimate of drug-likeness (QED) is 0.652.